The zero-order chi connectivity index (χ0) is 26.1. The molecule has 2 aliphatic heterocycles. The second kappa shape index (κ2) is 9.62. The van der Waals surface area contributed by atoms with Crippen molar-refractivity contribution in [1.29, 1.82) is 5.26 Å². The smallest absolute Gasteiger partial charge is 0.254 e. The summed E-state index contributed by atoms with van der Waals surface area (Å²) in [6.45, 7) is 2.51. The molecular weight excluding hydrogens is 484 g/mol. The molecule has 4 aromatic rings. The third-order valence-electron chi connectivity index (χ3n) is 6.41. The number of hydrogen-bond donors (Lipinski definition) is 2. The normalized spacial score (nSPS) is 16.7. The average molecular weight is 507 g/mol. The van der Waals surface area contributed by atoms with Crippen LogP contribution in [0.2, 0.25) is 0 Å². The molecule has 2 fully saturated rings. The van der Waals surface area contributed by atoms with Crippen LogP contribution in [-0.4, -0.2) is 62.6 Å². The van der Waals surface area contributed by atoms with Gasteiger partial charge in [0.25, 0.3) is 5.91 Å². The quantitative estimate of drug-likeness (QED) is 0.304. The number of rotatable bonds is 5. The number of fused-ring (bicyclic) bond motifs is 1. The van der Waals surface area contributed by atoms with Crippen LogP contribution in [0.3, 0.4) is 0 Å². The number of anilines is 4. The van der Waals surface area contributed by atoms with Crippen LogP contribution in [0, 0.1) is 11.3 Å². The van der Waals surface area contributed by atoms with E-state index < -0.39 is 5.91 Å². The molecule has 0 atom stereocenters. The van der Waals surface area contributed by atoms with Crippen molar-refractivity contribution >= 4 is 46.9 Å². The van der Waals surface area contributed by atoms with E-state index in [4.69, 9.17) is 9.97 Å². The first-order chi connectivity index (χ1) is 18.6. The van der Waals surface area contributed by atoms with E-state index in [2.05, 4.69) is 36.6 Å². The van der Waals surface area contributed by atoms with Crippen LogP contribution in [0.15, 0.2) is 60.4 Å². The lowest BCUT2D eigenvalue weighted by Crippen LogP contribution is -2.47. The van der Waals surface area contributed by atoms with E-state index in [-0.39, 0.29) is 12.3 Å². The molecule has 0 unspecified atom stereocenters. The first-order valence-electron chi connectivity index (χ1n) is 12.1. The van der Waals surface area contributed by atoms with Gasteiger partial charge in [0, 0.05) is 49.2 Å². The van der Waals surface area contributed by atoms with E-state index in [9.17, 15) is 14.9 Å². The predicted molar refractivity (Wildman–Crippen MR) is 140 cm³/mol. The zero-order valence-corrected chi connectivity index (χ0v) is 20.2. The molecule has 3 aromatic heterocycles. The van der Waals surface area contributed by atoms with Crippen molar-refractivity contribution in [2.45, 2.75) is 6.42 Å². The minimum Gasteiger partial charge on any atom is -0.352 e. The van der Waals surface area contributed by atoms with E-state index in [1.54, 1.807) is 35.1 Å². The Morgan fingerprint density at radius 3 is 2.53 bits per heavy atom. The van der Waals surface area contributed by atoms with Crippen molar-refractivity contribution < 1.29 is 9.59 Å². The van der Waals surface area contributed by atoms with Gasteiger partial charge in [-0.25, -0.2) is 4.98 Å². The number of imide groups is 1. The maximum Gasteiger partial charge on any atom is 0.254 e. The fraction of sp³-hybridized carbons (Fsp3) is 0.192. The van der Waals surface area contributed by atoms with E-state index in [1.165, 1.54) is 0 Å². The topological polar surface area (TPSA) is 144 Å². The number of pyridine rings is 1. The van der Waals surface area contributed by atoms with Crippen molar-refractivity contribution in [2.24, 2.45) is 0 Å². The summed E-state index contributed by atoms with van der Waals surface area (Å²) in [6, 6.07) is 15.3. The number of piperazine rings is 1. The molecule has 0 saturated carbocycles. The molecule has 0 spiro atoms. The van der Waals surface area contributed by atoms with Gasteiger partial charge >= 0.3 is 0 Å². The van der Waals surface area contributed by atoms with Gasteiger partial charge in [-0.3, -0.25) is 14.9 Å². The molecule has 5 heterocycles. The highest BCUT2D eigenvalue weighted by molar-refractivity contribution is 6.15. The second-order valence-electron chi connectivity index (χ2n) is 8.86. The molecular formula is C26H22N10O2. The number of amides is 2. The summed E-state index contributed by atoms with van der Waals surface area (Å²) in [5.41, 5.74) is 2.85. The minimum atomic E-state index is -0.409. The minimum absolute atomic E-state index is 0.0173. The van der Waals surface area contributed by atoms with Crippen molar-refractivity contribution in [1.82, 2.24) is 29.9 Å². The highest BCUT2D eigenvalue weighted by Crippen LogP contribution is 2.25. The second-order valence-corrected chi connectivity index (χ2v) is 8.86. The zero-order valence-electron chi connectivity index (χ0n) is 20.2. The van der Waals surface area contributed by atoms with E-state index in [0.717, 1.165) is 5.69 Å². The van der Waals surface area contributed by atoms with Crippen molar-refractivity contribution in [3.8, 4) is 6.07 Å². The van der Waals surface area contributed by atoms with Crippen molar-refractivity contribution in [2.75, 3.05) is 41.3 Å². The molecule has 2 N–H and O–H groups in total. The first kappa shape index (κ1) is 23.1. The standard InChI is InChI=1S/C26H22N10O2/c27-15-17-5-4-8-28-22(17)34-9-11-35(12-10-34)25-32-23-19(13-18-14-21(37)31-24(18)38)16-29-36(23)26(33-25)30-20-6-2-1-3-7-20/h1-8,13,16H,9-12,14H2,(H,30,32,33)(H,31,37,38). The highest BCUT2D eigenvalue weighted by Gasteiger charge is 2.26. The number of para-hydroxylation sites is 1. The molecule has 38 heavy (non-hydrogen) atoms. The molecule has 0 bridgehead atoms. The number of nitrogens with zero attached hydrogens (tertiary/aromatic N) is 8. The summed E-state index contributed by atoms with van der Waals surface area (Å²) < 4.78 is 1.58. The summed E-state index contributed by atoms with van der Waals surface area (Å²) in [5.74, 6) is 0.904. The Hall–Kier alpha value is -5.31. The van der Waals surface area contributed by atoms with Gasteiger partial charge in [0.05, 0.1) is 18.2 Å². The lowest BCUT2D eigenvalue weighted by molar-refractivity contribution is -0.124. The maximum atomic E-state index is 12.2. The lowest BCUT2D eigenvalue weighted by atomic mass is 10.1. The number of carbonyl (C=O) groups excluding carboxylic acids is 2. The van der Waals surface area contributed by atoms with E-state index >= 15 is 0 Å². The van der Waals surface area contributed by atoms with Crippen molar-refractivity contribution in [3.05, 3.63) is 71.6 Å². The molecule has 2 amide bonds. The summed E-state index contributed by atoms with van der Waals surface area (Å²) in [7, 11) is 0. The van der Waals surface area contributed by atoms with E-state index in [1.807, 2.05) is 30.3 Å². The molecule has 12 heteroatoms. The van der Waals surface area contributed by atoms with Crippen LogP contribution < -0.4 is 20.4 Å². The molecule has 0 aliphatic carbocycles. The Labute approximate surface area is 217 Å². The Bertz CT molecular complexity index is 1610. The summed E-state index contributed by atoms with van der Waals surface area (Å²) in [4.78, 5) is 42.0. The summed E-state index contributed by atoms with van der Waals surface area (Å²) >= 11 is 0. The fourth-order valence-corrected chi connectivity index (χ4v) is 4.52. The van der Waals surface area contributed by atoms with Crippen LogP contribution in [0.25, 0.3) is 11.7 Å². The molecule has 188 valence electrons. The van der Waals surface area contributed by atoms with Gasteiger partial charge in [-0.2, -0.15) is 24.8 Å². The monoisotopic (exact) mass is 506 g/mol. The predicted octanol–water partition coefficient (Wildman–Crippen LogP) is 1.89. The van der Waals surface area contributed by atoms with Crippen LogP contribution in [0.1, 0.15) is 17.5 Å². The van der Waals surface area contributed by atoms with Gasteiger partial charge < -0.3 is 15.1 Å². The van der Waals surface area contributed by atoms with Crippen LogP contribution in [0.5, 0.6) is 0 Å². The third kappa shape index (κ3) is 4.37. The molecule has 1 aromatic carbocycles. The molecule has 12 nitrogen and oxygen atoms in total. The molecule has 2 saturated heterocycles. The number of benzene rings is 1. The highest BCUT2D eigenvalue weighted by atomic mass is 16.2. The molecule has 2 aliphatic rings. The number of aromatic nitrogens is 5. The van der Waals surface area contributed by atoms with Gasteiger partial charge in [0.1, 0.15) is 11.9 Å². The number of carbonyl (C=O) groups is 2. The largest absolute Gasteiger partial charge is 0.352 e. The summed E-state index contributed by atoms with van der Waals surface area (Å²) in [5, 5.41) is 19.5. The molecule has 0 radical (unpaired) electrons. The first-order valence-corrected chi connectivity index (χ1v) is 12.1. The van der Waals surface area contributed by atoms with Crippen molar-refractivity contribution in [3.63, 3.8) is 0 Å². The Morgan fingerprint density at radius 2 is 1.79 bits per heavy atom. The number of nitriles is 1. The van der Waals surface area contributed by atoms with Crippen LogP contribution >= 0.6 is 0 Å². The SMILES string of the molecule is N#Cc1cccnc1N1CCN(c2nc(Nc3ccccc3)n3ncc(C=C4CC(=O)NC4=O)c3n2)CC1. The maximum absolute atomic E-state index is 12.2. The third-order valence-corrected chi connectivity index (χ3v) is 6.41. The van der Waals surface area contributed by atoms with Gasteiger partial charge in [-0.1, -0.05) is 18.2 Å². The van der Waals surface area contributed by atoms with Gasteiger partial charge in [-0.05, 0) is 30.3 Å². The summed E-state index contributed by atoms with van der Waals surface area (Å²) in [6.07, 6.45) is 4.96. The van der Waals surface area contributed by atoms with Gasteiger partial charge in [-0.15, -0.1) is 0 Å². The molecule has 6 rings (SSSR count). The van der Waals surface area contributed by atoms with Gasteiger partial charge in [0.15, 0.2) is 5.65 Å². The average Bonchev–Trinajstić information content (AvgIpc) is 3.51. The van der Waals surface area contributed by atoms with Gasteiger partial charge in [0.2, 0.25) is 17.8 Å². The fourth-order valence-electron chi connectivity index (χ4n) is 4.52. The lowest BCUT2D eigenvalue weighted by Gasteiger charge is -2.35. The Morgan fingerprint density at radius 1 is 1.00 bits per heavy atom. The van der Waals surface area contributed by atoms with Crippen LogP contribution in [-0.2, 0) is 9.59 Å². The Kier molecular flexibility index (Phi) is 5.85. The van der Waals surface area contributed by atoms with Crippen LogP contribution in [0.4, 0.5) is 23.4 Å². The Balaban J connectivity index is 1.35. The van der Waals surface area contributed by atoms with E-state index in [0.29, 0.717) is 66.2 Å². The number of hydrogen-bond acceptors (Lipinski definition) is 10. The number of nitrogens with one attached hydrogen (secondary N) is 2.